The molecule has 0 aliphatic rings. The summed E-state index contributed by atoms with van der Waals surface area (Å²) in [6.45, 7) is 10.0. The van der Waals surface area contributed by atoms with Crippen LogP contribution in [0.2, 0.25) is 0 Å². The van der Waals surface area contributed by atoms with Gasteiger partial charge in [-0.1, -0.05) is 27.7 Å². The number of sulfonamides is 1. The van der Waals surface area contributed by atoms with Gasteiger partial charge >= 0.3 is 0 Å². The van der Waals surface area contributed by atoms with Gasteiger partial charge in [-0.3, -0.25) is 9.52 Å². The molecule has 1 N–H and O–H groups in total. The second-order valence-corrected chi connectivity index (χ2v) is 8.49. The van der Waals surface area contributed by atoms with Gasteiger partial charge in [-0.05, 0) is 42.5 Å². The highest BCUT2D eigenvalue weighted by molar-refractivity contribution is 7.92. The highest BCUT2D eigenvalue weighted by Gasteiger charge is 2.23. The third-order valence-corrected chi connectivity index (χ3v) is 5.14. The summed E-state index contributed by atoms with van der Waals surface area (Å²) < 4.78 is 25.4. The third kappa shape index (κ3) is 5.50. The minimum absolute atomic E-state index is 0.0246. The molecule has 1 aromatic rings. The fourth-order valence-electron chi connectivity index (χ4n) is 1.68. The summed E-state index contributed by atoms with van der Waals surface area (Å²) in [5.41, 5.74) is 1.19. The largest absolute Gasteiger partial charge is 0.294 e. The zero-order valence-electron chi connectivity index (χ0n) is 13.4. The minimum atomic E-state index is -3.28. The second kappa shape index (κ2) is 6.60. The lowest BCUT2D eigenvalue weighted by atomic mass is 9.78. The molecule has 0 amide bonds. The van der Waals surface area contributed by atoms with E-state index in [9.17, 15) is 13.2 Å². The van der Waals surface area contributed by atoms with Gasteiger partial charge < -0.3 is 0 Å². The van der Waals surface area contributed by atoms with Crippen molar-refractivity contribution < 1.29 is 13.2 Å². The van der Waals surface area contributed by atoms with Crippen molar-refractivity contribution in [1.82, 2.24) is 0 Å². The molecule has 0 heterocycles. The van der Waals surface area contributed by atoms with E-state index in [2.05, 4.69) is 32.4 Å². The number of hydrogen-bond acceptors (Lipinski definition) is 3. The Hall–Kier alpha value is -1.36. The molecule has 1 aromatic carbocycles. The van der Waals surface area contributed by atoms with Crippen molar-refractivity contribution in [3.8, 4) is 0 Å². The van der Waals surface area contributed by atoms with Crippen molar-refractivity contribution >= 4 is 21.5 Å². The van der Waals surface area contributed by atoms with Gasteiger partial charge in [0.15, 0.2) is 5.78 Å². The Morgan fingerprint density at radius 2 is 1.71 bits per heavy atom. The van der Waals surface area contributed by atoms with E-state index in [1.807, 2.05) is 0 Å². The molecule has 118 valence electrons. The van der Waals surface area contributed by atoms with Gasteiger partial charge in [0.1, 0.15) is 0 Å². The van der Waals surface area contributed by atoms with Crippen molar-refractivity contribution in [3.05, 3.63) is 29.8 Å². The molecule has 1 rings (SSSR count). The van der Waals surface area contributed by atoms with Crippen LogP contribution in [-0.2, 0) is 10.0 Å². The van der Waals surface area contributed by atoms with Gasteiger partial charge in [-0.25, -0.2) is 8.42 Å². The molecule has 4 nitrogen and oxygen atoms in total. The maximum absolute atomic E-state index is 12.2. The highest BCUT2D eigenvalue weighted by Crippen LogP contribution is 2.29. The molecule has 0 aliphatic heterocycles. The van der Waals surface area contributed by atoms with Crippen molar-refractivity contribution in [1.29, 1.82) is 0 Å². The van der Waals surface area contributed by atoms with E-state index in [1.54, 1.807) is 31.2 Å². The zero-order chi connectivity index (χ0) is 16.3. The average Bonchev–Trinajstić information content (AvgIpc) is 2.38. The zero-order valence-corrected chi connectivity index (χ0v) is 14.3. The van der Waals surface area contributed by atoms with Crippen LogP contribution in [0.4, 0.5) is 5.69 Å². The first-order chi connectivity index (χ1) is 9.55. The van der Waals surface area contributed by atoms with Crippen LogP contribution in [0.1, 0.15) is 51.4 Å². The minimum Gasteiger partial charge on any atom is -0.294 e. The number of carbonyl (C=O) groups is 1. The van der Waals surface area contributed by atoms with Crippen LogP contribution < -0.4 is 4.72 Å². The molecule has 0 spiro atoms. The Morgan fingerprint density at radius 1 is 1.19 bits per heavy atom. The van der Waals surface area contributed by atoms with Crippen molar-refractivity contribution in [3.63, 3.8) is 0 Å². The van der Waals surface area contributed by atoms with Gasteiger partial charge in [-0.15, -0.1) is 0 Å². The molecule has 0 saturated carbocycles. The fourth-order valence-corrected chi connectivity index (χ4v) is 2.32. The predicted molar refractivity (Wildman–Crippen MR) is 87.1 cm³/mol. The number of anilines is 1. The summed E-state index contributed by atoms with van der Waals surface area (Å²) >= 11 is 0. The molecule has 5 heteroatoms. The van der Waals surface area contributed by atoms with E-state index in [-0.39, 0.29) is 22.9 Å². The van der Waals surface area contributed by atoms with Gasteiger partial charge in [0, 0.05) is 17.7 Å². The quantitative estimate of drug-likeness (QED) is 0.815. The monoisotopic (exact) mass is 311 g/mol. The molecule has 21 heavy (non-hydrogen) atoms. The number of nitrogens with one attached hydrogen (secondary N) is 1. The first kappa shape index (κ1) is 17.7. The molecule has 0 radical (unpaired) electrons. The van der Waals surface area contributed by atoms with Gasteiger partial charge in [0.25, 0.3) is 0 Å². The number of hydrogen-bond donors (Lipinski definition) is 1. The van der Waals surface area contributed by atoms with Crippen molar-refractivity contribution in [2.45, 2.75) is 41.0 Å². The molecule has 1 unspecified atom stereocenters. The van der Waals surface area contributed by atoms with Crippen molar-refractivity contribution in [2.75, 3.05) is 10.5 Å². The lowest BCUT2D eigenvalue weighted by Crippen LogP contribution is -2.20. The van der Waals surface area contributed by atoms with Crippen LogP contribution >= 0.6 is 0 Å². The van der Waals surface area contributed by atoms with Gasteiger partial charge in [0.2, 0.25) is 10.0 Å². The second-order valence-electron chi connectivity index (χ2n) is 6.48. The van der Waals surface area contributed by atoms with E-state index in [1.165, 1.54) is 0 Å². The SMILES string of the molecule is CCS(=O)(=O)Nc1ccc(C(=O)CC(C)C(C)(C)C)cc1. The van der Waals surface area contributed by atoms with E-state index in [4.69, 9.17) is 0 Å². The number of Topliss-reactive ketones (excluding diaryl/α,β-unsaturated/α-hetero) is 1. The topological polar surface area (TPSA) is 63.2 Å². The normalized spacial score (nSPS) is 13.8. The molecular formula is C16H25NO3S. The highest BCUT2D eigenvalue weighted by atomic mass is 32.2. The lowest BCUT2D eigenvalue weighted by molar-refractivity contribution is 0.0927. The number of ketones is 1. The molecule has 0 saturated heterocycles. The van der Waals surface area contributed by atoms with E-state index in [0.29, 0.717) is 17.7 Å². The number of carbonyl (C=O) groups excluding carboxylic acids is 1. The third-order valence-electron chi connectivity index (χ3n) is 3.83. The molecule has 0 fully saturated rings. The maximum Gasteiger partial charge on any atom is 0.232 e. The standard InChI is InChI=1S/C16H25NO3S/c1-6-21(19,20)17-14-9-7-13(8-10-14)15(18)11-12(2)16(3,4)5/h7-10,12,17H,6,11H2,1-5H3. The van der Waals surface area contributed by atoms with Crippen LogP contribution in [0.3, 0.4) is 0 Å². The van der Waals surface area contributed by atoms with Crippen LogP contribution in [0.15, 0.2) is 24.3 Å². The fraction of sp³-hybridized carbons (Fsp3) is 0.562. The van der Waals surface area contributed by atoms with Crippen LogP contribution in [0, 0.1) is 11.3 Å². The average molecular weight is 311 g/mol. The molecule has 0 aliphatic carbocycles. The van der Waals surface area contributed by atoms with Crippen LogP contribution in [-0.4, -0.2) is 20.0 Å². The van der Waals surface area contributed by atoms with Gasteiger partial charge in [-0.2, -0.15) is 0 Å². The van der Waals surface area contributed by atoms with Crippen LogP contribution in [0.25, 0.3) is 0 Å². The van der Waals surface area contributed by atoms with E-state index >= 15 is 0 Å². The van der Waals surface area contributed by atoms with Crippen molar-refractivity contribution in [2.24, 2.45) is 11.3 Å². The first-order valence-corrected chi connectivity index (χ1v) is 8.84. The Labute approximate surface area is 128 Å². The summed E-state index contributed by atoms with van der Waals surface area (Å²) in [6.07, 6.45) is 0.490. The lowest BCUT2D eigenvalue weighted by Gasteiger charge is -2.26. The Kier molecular flexibility index (Phi) is 5.56. The Balaban J connectivity index is 2.77. The van der Waals surface area contributed by atoms with Crippen LogP contribution in [0.5, 0.6) is 0 Å². The Bertz CT molecular complexity index is 583. The Morgan fingerprint density at radius 3 is 2.14 bits per heavy atom. The van der Waals surface area contributed by atoms with E-state index in [0.717, 1.165) is 0 Å². The molecule has 0 aromatic heterocycles. The summed E-state index contributed by atoms with van der Waals surface area (Å²) in [6, 6.07) is 6.60. The van der Waals surface area contributed by atoms with E-state index < -0.39 is 10.0 Å². The smallest absolute Gasteiger partial charge is 0.232 e. The first-order valence-electron chi connectivity index (χ1n) is 7.19. The predicted octanol–water partition coefficient (Wildman–Crippen LogP) is 3.70. The summed E-state index contributed by atoms with van der Waals surface area (Å²) in [4.78, 5) is 12.2. The maximum atomic E-state index is 12.2. The summed E-state index contributed by atoms with van der Waals surface area (Å²) in [5, 5.41) is 0. The number of rotatable bonds is 6. The molecule has 1 atom stereocenters. The molecular weight excluding hydrogens is 286 g/mol. The summed E-state index contributed by atoms with van der Waals surface area (Å²) in [5.74, 6) is 0.391. The van der Waals surface area contributed by atoms with Gasteiger partial charge in [0.05, 0.1) is 5.75 Å². The molecule has 0 bridgehead atoms. The number of benzene rings is 1. The summed E-state index contributed by atoms with van der Waals surface area (Å²) in [7, 11) is -3.28.